The zero-order valence-electron chi connectivity index (χ0n) is 7.20. The van der Waals surface area contributed by atoms with E-state index in [1.54, 1.807) is 18.9 Å². The van der Waals surface area contributed by atoms with Crippen LogP contribution in [0.2, 0.25) is 0 Å². The number of thioether (sulfide) groups is 1. The van der Waals surface area contributed by atoms with Crippen LogP contribution in [0.5, 0.6) is 5.75 Å². The lowest BCUT2D eigenvalue weighted by molar-refractivity contribution is 0.414. The first-order chi connectivity index (χ1) is 5.81. The van der Waals surface area contributed by atoms with Crippen molar-refractivity contribution in [1.29, 1.82) is 0 Å². The summed E-state index contributed by atoms with van der Waals surface area (Å²) in [4.78, 5) is 4.98. The summed E-state index contributed by atoms with van der Waals surface area (Å²) in [6, 6.07) is 5.73. The minimum Gasteiger partial charge on any atom is -0.497 e. The first-order valence-corrected chi connectivity index (χ1v) is 4.73. The molecule has 0 bridgehead atoms. The van der Waals surface area contributed by atoms with Gasteiger partial charge in [-0.05, 0) is 31.2 Å². The molecule has 0 amide bonds. The monoisotopic (exact) mass is 181 g/mol. The van der Waals surface area contributed by atoms with Crippen LogP contribution in [-0.4, -0.2) is 20.1 Å². The van der Waals surface area contributed by atoms with Gasteiger partial charge in [0, 0.05) is 4.90 Å². The summed E-state index contributed by atoms with van der Waals surface area (Å²) in [5, 5.41) is 0. The number of methoxy groups -OCH3 is 1. The van der Waals surface area contributed by atoms with Crippen molar-refractivity contribution in [2.75, 3.05) is 13.4 Å². The molecule has 1 rings (SSSR count). The fourth-order valence-electron chi connectivity index (χ4n) is 0.916. The van der Waals surface area contributed by atoms with Gasteiger partial charge in [0.2, 0.25) is 0 Å². The van der Waals surface area contributed by atoms with Gasteiger partial charge in [0.05, 0.1) is 12.8 Å². The highest BCUT2D eigenvalue weighted by molar-refractivity contribution is 7.98. The molecule has 0 fully saturated rings. The second kappa shape index (κ2) is 4.16. The molecule has 0 spiro atoms. The highest BCUT2D eigenvalue weighted by Gasteiger charge is 2.00. The van der Waals surface area contributed by atoms with Crippen LogP contribution in [0.1, 0.15) is 0 Å². The van der Waals surface area contributed by atoms with Crippen LogP contribution in [0.25, 0.3) is 0 Å². The smallest absolute Gasteiger partial charge is 0.120 e. The average Bonchev–Trinajstić information content (AvgIpc) is 2.16. The molecule has 0 atom stereocenters. The van der Waals surface area contributed by atoms with E-state index in [2.05, 4.69) is 11.7 Å². The molecule has 0 aliphatic carbocycles. The first kappa shape index (κ1) is 9.13. The number of hydrogen-bond donors (Lipinski definition) is 0. The maximum absolute atomic E-state index is 5.08. The van der Waals surface area contributed by atoms with Crippen LogP contribution in [0.3, 0.4) is 0 Å². The van der Waals surface area contributed by atoms with Crippen molar-refractivity contribution in [1.82, 2.24) is 0 Å². The van der Waals surface area contributed by atoms with E-state index in [-0.39, 0.29) is 0 Å². The van der Waals surface area contributed by atoms with Gasteiger partial charge in [-0.15, -0.1) is 11.8 Å². The van der Waals surface area contributed by atoms with Gasteiger partial charge in [-0.1, -0.05) is 0 Å². The predicted octanol–water partition coefficient (Wildman–Crippen LogP) is 2.75. The summed E-state index contributed by atoms with van der Waals surface area (Å²) >= 11 is 1.64. The fraction of sp³-hybridized carbons (Fsp3) is 0.222. The molecule has 1 aromatic carbocycles. The molecule has 12 heavy (non-hydrogen) atoms. The third-order valence-electron chi connectivity index (χ3n) is 1.56. The lowest BCUT2D eigenvalue weighted by Crippen LogP contribution is -1.82. The van der Waals surface area contributed by atoms with Gasteiger partial charge >= 0.3 is 0 Å². The molecule has 0 radical (unpaired) electrons. The van der Waals surface area contributed by atoms with Crippen molar-refractivity contribution in [3.63, 3.8) is 0 Å². The van der Waals surface area contributed by atoms with Crippen molar-refractivity contribution >= 4 is 24.2 Å². The zero-order chi connectivity index (χ0) is 8.97. The normalized spacial score (nSPS) is 9.50. The van der Waals surface area contributed by atoms with Gasteiger partial charge < -0.3 is 4.74 Å². The molecule has 0 aromatic heterocycles. The molecule has 0 aliphatic rings. The van der Waals surface area contributed by atoms with Gasteiger partial charge in [-0.3, -0.25) is 4.99 Å². The largest absolute Gasteiger partial charge is 0.497 e. The minimum absolute atomic E-state index is 0.853. The minimum atomic E-state index is 0.853. The molecule has 0 N–H and O–H groups in total. The van der Waals surface area contributed by atoms with Crippen molar-refractivity contribution in [3.05, 3.63) is 18.2 Å². The van der Waals surface area contributed by atoms with E-state index >= 15 is 0 Å². The molecule has 3 heteroatoms. The lowest BCUT2D eigenvalue weighted by Gasteiger charge is -2.04. The first-order valence-electron chi connectivity index (χ1n) is 3.50. The van der Waals surface area contributed by atoms with Gasteiger partial charge in [-0.2, -0.15) is 0 Å². The number of rotatable bonds is 3. The van der Waals surface area contributed by atoms with Crippen molar-refractivity contribution in [2.24, 2.45) is 4.99 Å². The number of aliphatic imine (C=N–C) groups is 1. The van der Waals surface area contributed by atoms with Crippen LogP contribution in [-0.2, 0) is 0 Å². The van der Waals surface area contributed by atoms with Gasteiger partial charge in [0.15, 0.2) is 0 Å². The van der Waals surface area contributed by atoms with Gasteiger partial charge in [0.1, 0.15) is 5.75 Å². The molecular weight excluding hydrogens is 170 g/mol. The molecular formula is C9H11NOS. The van der Waals surface area contributed by atoms with Gasteiger partial charge in [-0.25, -0.2) is 0 Å². The van der Waals surface area contributed by atoms with Crippen LogP contribution in [0.15, 0.2) is 28.1 Å². The standard InChI is InChI=1S/C9H11NOS/c1-10-8-5-4-7(11-2)6-9(8)12-3/h4-6H,1H2,2-3H3. The van der Waals surface area contributed by atoms with Crippen LogP contribution in [0, 0.1) is 0 Å². The topological polar surface area (TPSA) is 21.6 Å². The summed E-state index contributed by atoms with van der Waals surface area (Å²) in [7, 11) is 1.65. The Morgan fingerprint density at radius 1 is 1.50 bits per heavy atom. The van der Waals surface area contributed by atoms with Gasteiger partial charge in [0.25, 0.3) is 0 Å². The third-order valence-corrected chi connectivity index (χ3v) is 2.32. The maximum Gasteiger partial charge on any atom is 0.120 e. The van der Waals surface area contributed by atoms with E-state index in [1.165, 1.54) is 0 Å². The Morgan fingerprint density at radius 2 is 2.25 bits per heavy atom. The van der Waals surface area contributed by atoms with Crippen molar-refractivity contribution < 1.29 is 4.74 Å². The summed E-state index contributed by atoms with van der Waals surface area (Å²) in [5.41, 5.74) is 0.906. The SMILES string of the molecule is C=Nc1ccc(OC)cc1SC. The van der Waals surface area contributed by atoms with E-state index in [0.29, 0.717) is 0 Å². The van der Waals surface area contributed by atoms with Crippen molar-refractivity contribution in [2.45, 2.75) is 4.90 Å². The second-order valence-electron chi connectivity index (χ2n) is 2.20. The fourth-order valence-corrected chi connectivity index (χ4v) is 1.49. The van der Waals surface area contributed by atoms with E-state index in [0.717, 1.165) is 16.3 Å². The Balaban J connectivity index is 3.10. The van der Waals surface area contributed by atoms with E-state index in [9.17, 15) is 0 Å². The lowest BCUT2D eigenvalue weighted by atomic mass is 10.3. The number of hydrogen-bond acceptors (Lipinski definition) is 3. The maximum atomic E-state index is 5.08. The number of benzene rings is 1. The third kappa shape index (κ3) is 1.80. The van der Waals surface area contributed by atoms with Crippen LogP contribution >= 0.6 is 11.8 Å². The quantitative estimate of drug-likeness (QED) is 0.528. The van der Waals surface area contributed by atoms with E-state index in [1.807, 2.05) is 24.5 Å². The Labute approximate surface area is 76.7 Å². The molecule has 0 heterocycles. The highest BCUT2D eigenvalue weighted by atomic mass is 32.2. The number of nitrogens with zero attached hydrogens (tertiary/aromatic N) is 1. The molecule has 64 valence electrons. The Morgan fingerprint density at radius 3 is 2.75 bits per heavy atom. The molecule has 1 aromatic rings. The molecule has 2 nitrogen and oxygen atoms in total. The Hall–Kier alpha value is -0.960. The van der Waals surface area contributed by atoms with Crippen LogP contribution < -0.4 is 4.74 Å². The summed E-state index contributed by atoms with van der Waals surface area (Å²) in [6.07, 6.45) is 2.00. The predicted molar refractivity (Wildman–Crippen MR) is 54.0 cm³/mol. The summed E-state index contributed by atoms with van der Waals surface area (Å²) < 4.78 is 5.08. The zero-order valence-corrected chi connectivity index (χ0v) is 8.02. The van der Waals surface area contributed by atoms with E-state index < -0.39 is 0 Å². The molecule has 0 unspecified atom stereocenters. The summed E-state index contributed by atoms with van der Waals surface area (Å²) in [6.45, 7) is 3.49. The molecule has 0 saturated heterocycles. The van der Waals surface area contributed by atoms with Crippen LogP contribution in [0.4, 0.5) is 5.69 Å². The van der Waals surface area contributed by atoms with Crippen molar-refractivity contribution in [3.8, 4) is 5.75 Å². The Bertz CT molecular complexity index is 286. The highest BCUT2D eigenvalue weighted by Crippen LogP contribution is 2.30. The Kier molecular flexibility index (Phi) is 3.17. The number of ether oxygens (including phenoxy) is 1. The average molecular weight is 181 g/mol. The second-order valence-corrected chi connectivity index (χ2v) is 3.04. The van der Waals surface area contributed by atoms with E-state index in [4.69, 9.17) is 4.74 Å². The molecule has 0 saturated carbocycles. The summed E-state index contributed by atoms with van der Waals surface area (Å²) in [5.74, 6) is 0.853. The molecule has 0 aliphatic heterocycles.